The van der Waals surface area contributed by atoms with Crippen molar-refractivity contribution in [2.24, 2.45) is 0 Å². The topological polar surface area (TPSA) is 105 Å². The second-order valence-corrected chi connectivity index (χ2v) is 4.00. The maximum atomic E-state index is 11.7. The van der Waals surface area contributed by atoms with Crippen LogP contribution in [-0.2, 0) is 11.3 Å². The van der Waals surface area contributed by atoms with Crippen LogP contribution in [0.25, 0.3) is 11.7 Å². The number of rotatable bonds is 4. The fourth-order valence-electron chi connectivity index (χ4n) is 1.57. The van der Waals surface area contributed by atoms with E-state index in [4.69, 9.17) is 13.6 Å². The van der Waals surface area contributed by atoms with Crippen molar-refractivity contribution in [2.75, 3.05) is 0 Å². The molecule has 0 fully saturated rings. The van der Waals surface area contributed by atoms with Crippen molar-refractivity contribution in [3.63, 3.8) is 0 Å². The quantitative estimate of drug-likeness (QED) is 0.404. The van der Waals surface area contributed by atoms with Crippen LogP contribution < -0.4 is 4.73 Å². The Hall–Kier alpha value is -3.16. The molecular formula is C13H9N3O5. The van der Waals surface area contributed by atoms with Gasteiger partial charge in [0.15, 0.2) is 24.8 Å². The van der Waals surface area contributed by atoms with Gasteiger partial charge in [-0.05, 0) is 12.1 Å². The lowest BCUT2D eigenvalue weighted by Crippen LogP contribution is -2.24. The third kappa shape index (κ3) is 2.89. The van der Waals surface area contributed by atoms with Crippen LogP contribution in [0, 0.1) is 5.21 Å². The zero-order valence-electron chi connectivity index (χ0n) is 10.6. The van der Waals surface area contributed by atoms with Gasteiger partial charge in [0.2, 0.25) is 0 Å². The van der Waals surface area contributed by atoms with Crippen LogP contribution in [-0.4, -0.2) is 16.2 Å². The molecule has 0 unspecified atom stereocenters. The Kier molecular flexibility index (Phi) is 3.34. The van der Waals surface area contributed by atoms with Crippen LogP contribution in [0.4, 0.5) is 0 Å². The lowest BCUT2D eigenvalue weighted by Gasteiger charge is -2.01. The molecule has 0 N–H and O–H groups in total. The molecule has 0 aliphatic heterocycles. The first-order valence-electron chi connectivity index (χ1n) is 5.94. The average molecular weight is 287 g/mol. The summed E-state index contributed by atoms with van der Waals surface area (Å²) in [5.74, 6) is 0.194. The van der Waals surface area contributed by atoms with E-state index in [1.807, 2.05) is 0 Å². The van der Waals surface area contributed by atoms with Gasteiger partial charge in [-0.2, -0.15) is 4.73 Å². The van der Waals surface area contributed by atoms with E-state index in [-0.39, 0.29) is 24.0 Å². The smallest absolute Gasteiger partial charge is 0.339 e. The van der Waals surface area contributed by atoms with Gasteiger partial charge in [-0.3, -0.25) is 0 Å². The molecule has 8 nitrogen and oxygen atoms in total. The third-order valence-corrected chi connectivity index (χ3v) is 2.56. The second-order valence-electron chi connectivity index (χ2n) is 4.00. The number of carbonyl (C=O) groups is 1. The molecule has 106 valence electrons. The Morgan fingerprint density at radius 1 is 1.29 bits per heavy atom. The summed E-state index contributed by atoms with van der Waals surface area (Å²) in [7, 11) is 0. The van der Waals surface area contributed by atoms with E-state index in [1.54, 1.807) is 12.1 Å². The first kappa shape index (κ1) is 12.9. The van der Waals surface area contributed by atoms with E-state index in [0.717, 1.165) is 0 Å². The minimum atomic E-state index is -0.589. The zero-order chi connectivity index (χ0) is 14.7. The Balaban J connectivity index is 1.62. The molecule has 0 saturated carbocycles. The lowest BCUT2D eigenvalue weighted by molar-refractivity contribution is -0.605. The molecule has 0 amide bonds. The van der Waals surface area contributed by atoms with Crippen molar-refractivity contribution in [3.05, 3.63) is 59.6 Å². The molecule has 3 aromatic rings. The maximum Gasteiger partial charge on any atom is 0.339 e. The highest BCUT2D eigenvalue weighted by Crippen LogP contribution is 2.18. The van der Waals surface area contributed by atoms with Crippen LogP contribution in [0.2, 0.25) is 0 Å². The summed E-state index contributed by atoms with van der Waals surface area (Å²) in [6.07, 6.45) is 3.90. The number of ether oxygens (including phenoxy) is 1. The number of hydrogen-bond donors (Lipinski definition) is 0. The number of carbonyl (C=O) groups excluding carboxylic acids is 1. The number of aromatic nitrogens is 3. The van der Waals surface area contributed by atoms with Gasteiger partial charge in [-0.1, -0.05) is 0 Å². The monoisotopic (exact) mass is 287 g/mol. The fourth-order valence-corrected chi connectivity index (χ4v) is 1.57. The molecule has 0 saturated heterocycles. The summed E-state index contributed by atoms with van der Waals surface area (Å²) in [5, 5.41) is 18.4. The summed E-state index contributed by atoms with van der Waals surface area (Å²) >= 11 is 0. The summed E-state index contributed by atoms with van der Waals surface area (Å²) < 4.78 is 16.0. The molecule has 3 aromatic heterocycles. The van der Waals surface area contributed by atoms with Crippen molar-refractivity contribution in [2.45, 2.75) is 6.61 Å². The average Bonchev–Trinajstić information content (AvgIpc) is 3.16. The number of pyridine rings is 1. The van der Waals surface area contributed by atoms with Crippen LogP contribution in [0.15, 0.2) is 51.8 Å². The Bertz CT molecular complexity index is 734. The predicted octanol–water partition coefficient (Wildman–Crippen LogP) is 1.32. The molecule has 8 heteroatoms. The molecule has 0 aliphatic carbocycles. The summed E-state index contributed by atoms with van der Waals surface area (Å²) in [5.41, 5.74) is 0.257. The van der Waals surface area contributed by atoms with Crippen molar-refractivity contribution in [3.8, 4) is 11.7 Å². The van der Waals surface area contributed by atoms with Gasteiger partial charge < -0.3 is 18.8 Å². The standard InChI is InChI=1S/C13H9N3O5/c17-13(9-3-5-16(18)6-4-9)20-8-11-14-15-12(21-11)10-2-1-7-19-10/h1-7H,8H2. The van der Waals surface area contributed by atoms with Gasteiger partial charge in [-0.15, -0.1) is 10.2 Å². The SMILES string of the molecule is O=C(OCc1nnc(-c2ccco2)o1)c1cc[n+]([O-])cc1. The van der Waals surface area contributed by atoms with E-state index in [2.05, 4.69) is 10.2 Å². The van der Waals surface area contributed by atoms with Crippen LogP contribution in [0.3, 0.4) is 0 Å². The maximum absolute atomic E-state index is 11.7. The molecule has 0 aliphatic rings. The van der Waals surface area contributed by atoms with E-state index in [9.17, 15) is 10.0 Å². The largest absolute Gasteiger partial charge is 0.619 e. The van der Waals surface area contributed by atoms with Gasteiger partial charge in [0.25, 0.3) is 11.8 Å². The van der Waals surface area contributed by atoms with Crippen LogP contribution >= 0.6 is 0 Å². The molecule has 0 radical (unpaired) electrons. The minimum absolute atomic E-state index is 0.143. The number of nitrogens with zero attached hydrogens (tertiary/aromatic N) is 3. The van der Waals surface area contributed by atoms with E-state index in [0.29, 0.717) is 10.5 Å². The number of furan rings is 1. The highest BCUT2D eigenvalue weighted by atomic mass is 16.5. The van der Waals surface area contributed by atoms with Crippen molar-refractivity contribution in [1.29, 1.82) is 0 Å². The molecule has 3 heterocycles. The molecular weight excluding hydrogens is 278 g/mol. The van der Waals surface area contributed by atoms with Crippen molar-refractivity contribution in [1.82, 2.24) is 10.2 Å². The predicted molar refractivity (Wildman–Crippen MR) is 66.5 cm³/mol. The summed E-state index contributed by atoms with van der Waals surface area (Å²) in [6, 6.07) is 6.08. The second kappa shape index (κ2) is 5.45. The Morgan fingerprint density at radius 2 is 2.10 bits per heavy atom. The van der Waals surface area contributed by atoms with Gasteiger partial charge >= 0.3 is 5.97 Å². The molecule has 21 heavy (non-hydrogen) atoms. The Morgan fingerprint density at radius 3 is 2.81 bits per heavy atom. The molecule has 3 rings (SSSR count). The van der Waals surface area contributed by atoms with Gasteiger partial charge in [0.1, 0.15) is 0 Å². The van der Waals surface area contributed by atoms with Gasteiger partial charge in [0.05, 0.1) is 11.8 Å². The number of esters is 1. The number of hydrogen-bond acceptors (Lipinski definition) is 7. The van der Waals surface area contributed by atoms with Crippen LogP contribution in [0.1, 0.15) is 16.2 Å². The normalized spacial score (nSPS) is 10.5. The third-order valence-electron chi connectivity index (χ3n) is 2.56. The highest BCUT2D eigenvalue weighted by molar-refractivity contribution is 5.88. The summed E-state index contributed by atoms with van der Waals surface area (Å²) in [4.78, 5) is 11.7. The first-order chi connectivity index (χ1) is 10.2. The van der Waals surface area contributed by atoms with Gasteiger partial charge in [0, 0.05) is 12.1 Å². The molecule has 0 aromatic carbocycles. The van der Waals surface area contributed by atoms with Crippen molar-refractivity contribution >= 4 is 5.97 Å². The van der Waals surface area contributed by atoms with E-state index < -0.39 is 5.97 Å². The van der Waals surface area contributed by atoms with E-state index >= 15 is 0 Å². The van der Waals surface area contributed by atoms with E-state index in [1.165, 1.54) is 30.8 Å². The van der Waals surface area contributed by atoms with Crippen LogP contribution in [0.5, 0.6) is 0 Å². The molecule has 0 bridgehead atoms. The minimum Gasteiger partial charge on any atom is -0.619 e. The zero-order valence-corrected chi connectivity index (χ0v) is 10.6. The molecule has 0 spiro atoms. The summed E-state index contributed by atoms with van der Waals surface area (Å²) in [6.45, 7) is -0.168. The molecule has 0 atom stereocenters. The lowest BCUT2D eigenvalue weighted by atomic mass is 10.3. The first-order valence-corrected chi connectivity index (χ1v) is 5.94. The Labute approximate surface area is 118 Å². The highest BCUT2D eigenvalue weighted by Gasteiger charge is 2.14. The fraction of sp³-hybridized carbons (Fsp3) is 0.0769. The van der Waals surface area contributed by atoms with Gasteiger partial charge in [-0.25, -0.2) is 4.79 Å². The van der Waals surface area contributed by atoms with Crippen molar-refractivity contribution < 1.29 is 23.1 Å².